The van der Waals surface area contributed by atoms with Crippen LogP contribution in [0.2, 0.25) is 0 Å². The maximum absolute atomic E-state index is 6.14. The van der Waals surface area contributed by atoms with Gasteiger partial charge < -0.3 is 15.2 Å². The molecule has 0 radical (unpaired) electrons. The quantitative estimate of drug-likeness (QED) is 0.886. The van der Waals surface area contributed by atoms with Gasteiger partial charge in [0.2, 0.25) is 0 Å². The highest BCUT2D eigenvalue weighted by Crippen LogP contribution is 2.49. The summed E-state index contributed by atoms with van der Waals surface area (Å²) in [5, 5.41) is 0. The Bertz CT molecular complexity index is 448. The fourth-order valence-electron chi connectivity index (χ4n) is 3.05. The van der Waals surface area contributed by atoms with Crippen LogP contribution < -0.4 is 15.2 Å². The van der Waals surface area contributed by atoms with Gasteiger partial charge in [0.05, 0.1) is 13.2 Å². The second-order valence-electron chi connectivity index (χ2n) is 5.87. The van der Waals surface area contributed by atoms with Gasteiger partial charge in [0.15, 0.2) is 11.5 Å². The van der Waals surface area contributed by atoms with Crippen LogP contribution in [0.1, 0.15) is 44.1 Å². The van der Waals surface area contributed by atoms with Crippen molar-refractivity contribution < 1.29 is 9.47 Å². The molecule has 2 saturated carbocycles. The van der Waals surface area contributed by atoms with E-state index in [1.165, 1.54) is 31.2 Å². The monoisotopic (exact) mass is 261 g/mol. The van der Waals surface area contributed by atoms with Gasteiger partial charge in [-0.3, -0.25) is 0 Å². The van der Waals surface area contributed by atoms with Gasteiger partial charge in [-0.15, -0.1) is 0 Å². The van der Waals surface area contributed by atoms with Crippen molar-refractivity contribution in [3.05, 3.63) is 23.8 Å². The lowest BCUT2D eigenvalue weighted by Gasteiger charge is -2.19. The first kappa shape index (κ1) is 12.8. The normalized spacial score (nSPS) is 21.4. The largest absolute Gasteiger partial charge is 0.493 e. The number of rotatable bonds is 5. The summed E-state index contributed by atoms with van der Waals surface area (Å²) in [4.78, 5) is 0. The number of benzene rings is 1. The zero-order valence-electron chi connectivity index (χ0n) is 11.7. The molecule has 0 aliphatic heterocycles. The van der Waals surface area contributed by atoms with Crippen molar-refractivity contribution >= 4 is 0 Å². The molecule has 2 aliphatic rings. The zero-order chi connectivity index (χ0) is 13.3. The Kier molecular flexibility index (Phi) is 3.40. The van der Waals surface area contributed by atoms with Crippen LogP contribution in [-0.4, -0.2) is 19.8 Å². The topological polar surface area (TPSA) is 44.5 Å². The van der Waals surface area contributed by atoms with E-state index in [0.29, 0.717) is 6.10 Å². The molecule has 1 aromatic rings. The van der Waals surface area contributed by atoms with Crippen LogP contribution in [0.5, 0.6) is 11.5 Å². The summed E-state index contributed by atoms with van der Waals surface area (Å²) in [5.41, 5.74) is 7.43. The average molecular weight is 261 g/mol. The maximum atomic E-state index is 6.14. The molecule has 2 fully saturated rings. The molecule has 0 saturated heterocycles. The Morgan fingerprint density at radius 3 is 2.53 bits per heavy atom. The summed E-state index contributed by atoms with van der Waals surface area (Å²) in [6.45, 7) is 0.724. The second kappa shape index (κ2) is 5.04. The van der Waals surface area contributed by atoms with E-state index in [2.05, 4.69) is 12.1 Å². The van der Waals surface area contributed by atoms with E-state index in [1.54, 1.807) is 7.11 Å². The maximum Gasteiger partial charge on any atom is 0.161 e. The Morgan fingerprint density at radius 1 is 1.21 bits per heavy atom. The number of hydrogen-bond acceptors (Lipinski definition) is 3. The van der Waals surface area contributed by atoms with Crippen molar-refractivity contribution in [3.8, 4) is 11.5 Å². The van der Waals surface area contributed by atoms with Crippen molar-refractivity contribution in [2.24, 2.45) is 5.73 Å². The molecule has 2 N–H and O–H groups in total. The highest BCUT2D eigenvalue weighted by atomic mass is 16.5. The summed E-state index contributed by atoms with van der Waals surface area (Å²) in [7, 11) is 1.70. The minimum Gasteiger partial charge on any atom is -0.493 e. The van der Waals surface area contributed by atoms with Crippen molar-refractivity contribution in [2.75, 3.05) is 13.7 Å². The summed E-state index contributed by atoms with van der Waals surface area (Å²) in [6.07, 6.45) is 7.62. The summed E-state index contributed by atoms with van der Waals surface area (Å²) < 4.78 is 11.6. The molecule has 3 nitrogen and oxygen atoms in total. The molecule has 1 aromatic carbocycles. The third-order valence-corrected chi connectivity index (χ3v) is 4.62. The van der Waals surface area contributed by atoms with Gasteiger partial charge in [0.1, 0.15) is 0 Å². The van der Waals surface area contributed by atoms with Gasteiger partial charge in [0, 0.05) is 12.0 Å². The van der Waals surface area contributed by atoms with E-state index in [4.69, 9.17) is 15.2 Å². The van der Waals surface area contributed by atoms with Crippen LogP contribution >= 0.6 is 0 Å². The molecule has 3 heteroatoms. The molecule has 3 rings (SSSR count). The SMILES string of the molecule is COc1ccc(C2(CN)CC2)cc1OC1CCCC1. The predicted octanol–water partition coefficient (Wildman–Crippen LogP) is 3.01. The van der Waals surface area contributed by atoms with Crippen molar-refractivity contribution in [1.29, 1.82) is 0 Å². The smallest absolute Gasteiger partial charge is 0.161 e. The third-order valence-electron chi connectivity index (χ3n) is 4.62. The van der Waals surface area contributed by atoms with E-state index in [9.17, 15) is 0 Å². The van der Waals surface area contributed by atoms with Crippen LogP contribution in [0.25, 0.3) is 0 Å². The van der Waals surface area contributed by atoms with Gasteiger partial charge in [-0.2, -0.15) is 0 Å². The van der Waals surface area contributed by atoms with Crippen molar-refractivity contribution in [3.63, 3.8) is 0 Å². The van der Waals surface area contributed by atoms with Crippen LogP contribution in [-0.2, 0) is 5.41 Å². The molecule has 0 atom stereocenters. The van der Waals surface area contributed by atoms with Gasteiger partial charge in [0.25, 0.3) is 0 Å². The van der Waals surface area contributed by atoms with Crippen molar-refractivity contribution in [1.82, 2.24) is 0 Å². The zero-order valence-corrected chi connectivity index (χ0v) is 11.7. The molecule has 104 valence electrons. The first-order valence-corrected chi connectivity index (χ1v) is 7.33. The van der Waals surface area contributed by atoms with Crippen molar-refractivity contribution in [2.45, 2.75) is 50.0 Å². The van der Waals surface area contributed by atoms with E-state index >= 15 is 0 Å². The van der Waals surface area contributed by atoms with E-state index < -0.39 is 0 Å². The molecule has 0 amide bonds. The summed E-state index contributed by atoms with van der Waals surface area (Å²) in [6, 6.07) is 6.31. The minimum atomic E-state index is 0.208. The molecule has 19 heavy (non-hydrogen) atoms. The molecule has 2 aliphatic carbocycles. The lowest BCUT2D eigenvalue weighted by molar-refractivity contribution is 0.200. The van der Waals surface area contributed by atoms with E-state index in [1.807, 2.05) is 6.07 Å². The van der Waals surface area contributed by atoms with Crippen LogP contribution in [0.4, 0.5) is 0 Å². The molecule has 0 spiro atoms. The summed E-state index contributed by atoms with van der Waals surface area (Å²) >= 11 is 0. The lowest BCUT2D eigenvalue weighted by Crippen LogP contribution is -2.20. The number of methoxy groups -OCH3 is 1. The first-order chi connectivity index (χ1) is 9.27. The standard InChI is InChI=1S/C16H23NO2/c1-18-14-7-6-12(16(11-17)8-9-16)10-15(14)19-13-4-2-3-5-13/h6-7,10,13H,2-5,8-9,11,17H2,1H3. The van der Waals surface area contributed by atoms with Gasteiger partial charge in [-0.1, -0.05) is 6.07 Å². The molecule has 0 unspecified atom stereocenters. The number of ether oxygens (including phenoxy) is 2. The molecule has 0 heterocycles. The van der Waals surface area contributed by atoms with Crippen LogP contribution in [0, 0.1) is 0 Å². The van der Waals surface area contributed by atoms with E-state index in [-0.39, 0.29) is 5.41 Å². The Hall–Kier alpha value is -1.22. The fourth-order valence-corrected chi connectivity index (χ4v) is 3.05. The van der Waals surface area contributed by atoms with E-state index in [0.717, 1.165) is 30.9 Å². The minimum absolute atomic E-state index is 0.208. The van der Waals surface area contributed by atoms with Crippen LogP contribution in [0.3, 0.4) is 0 Å². The highest BCUT2D eigenvalue weighted by molar-refractivity contribution is 5.47. The Labute approximate surface area is 115 Å². The van der Waals surface area contributed by atoms with Gasteiger partial charge >= 0.3 is 0 Å². The molecule has 0 bridgehead atoms. The Balaban J connectivity index is 1.85. The highest BCUT2D eigenvalue weighted by Gasteiger charge is 2.43. The molecular formula is C16H23NO2. The number of nitrogens with two attached hydrogens (primary N) is 1. The predicted molar refractivity (Wildman–Crippen MR) is 75.8 cm³/mol. The molecular weight excluding hydrogens is 238 g/mol. The van der Waals surface area contributed by atoms with Gasteiger partial charge in [-0.25, -0.2) is 0 Å². The van der Waals surface area contributed by atoms with Gasteiger partial charge in [-0.05, 0) is 56.2 Å². The first-order valence-electron chi connectivity index (χ1n) is 7.33. The summed E-state index contributed by atoms with van der Waals surface area (Å²) in [5.74, 6) is 1.73. The fraction of sp³-hybridized carbons (Fsp3) is 0.625. The Morgan fingerprint density at radius 2 is 1.95 bits per heavy atom. The van der Waals surface area contributed by atoms with Crippen LogP contribution in [0.15, 0.2) is 18.2 Å². The second-order valence-corrected chi connectivity index (χ2v) is 5.87. The molecule has 0 aromatic heterocycles. The average Bonchev–Trinajstić information content (AvgIpc) is 3.09. The lowest BCUT2D eigenvalue weighted by atomic mass is 9.96. The third kappa shape index (κ3) is 2.44. The number of hydrogen-bond donors (Lipinski definition) is 1.